The first-order chi connectivity index (χ1) is 9.69. The van der Waals surface area contributed by atoms with Crippen LogP contribution in [0.4, 0.5) is 4.39 Å². The number of nitrogens with zero attached hydrogens (tertiary/aromatic N) is 2. The molecule has 1 aliphatic heterocycles. The molecule has 0 saturated carbocycles. The number of nitrogens with one attached hydrogen (secondary N) is 1. The maximum Gasteiger partial charge on any atom is 0.160 e. The number of hydrogen-bond acceptors (Lipinski definition) is 3. The molecule has 20 heavy (non-hydrogen) atoms. The van der Waals surface area contributed by atoms with Crippen molar-refractivity contribution in [3.63, 3.8) is 0 Å². The molecule has 0 unspecified atom stereocenters. The Morgan fingerprint density at radius 1 is 1.25 bits per heavy atom. The maximum atomic E-state index is 13.5. The van der Waals surface area contributed by atoms with Crippen molar-refractivity contribution in [2.75, 3.05) is 0 Å². The van der Waals surface area contributed by atoms with Crippen LogP contribution in [-0.4, -0.2) is 9.97 Å². The molecule has 0 radical (unpaired) electrons. The summed E-state index contributed by atoms with van der Waals surface area (Å²) in [4.78, 5) is 9.32. The predicted octanol–water partition coefficient (Wildman–Crippen LogP) is 3.15. The summed E-state index contributed by atoms with van der Waals surface area (Å²) in [5.74, 6) is 0.401. The van der Waals surface area contributed by atoms with Gasteiger partial charge in [0.15, 0.2) is 5.82 Å². The topological polar surface area (TPSA) is 37.8 Å². The summed E-state index contributed by atoms with van der Waals surface area (Å²) in [5, 5.41) is 3.31. The van der Waals surface area contributed by atoms with E-state index in [9.17, 15) is 4.39 Å². The van der Waals surface area contributed by atoms with Gasteiger partial charge in [-0.2, -0.15) is 0 Å². The van der Waals surface area contributed by atoms with E-state index in [4.69, 9.17) is 0 Å². The molecule has 104 valence electrons. The van der Waals surface area contributed by atoms with Gasteiger partial charge in [0.25, 0.3) is 0 Å². The molecule has 3 nitrogen and oxygen atoms in total. The smallest absolute Gasteiger partial charge is 0.160 e. The van der Waals surface area contributed by atoms with E-state index in [0.717, 1.165) is 48.4 Å². The van der Waals surface area contributed by atoms with Gasteiger partial charge in [-0.15, -0.1) is 0 Å². The molecular weight excluding hydrogens is 253 g/mol. The number of fused-ring (bicyclic) bond motifs is 1. The fourth-order valence-corrected chi connectivity index (χ4v) is 2.64. The minimum absolute atomic E-state index is 0.245. The molecule has 0 bridgehead atoms. The van der Waals surface area contributed by atoms with Crippen LogP contribution in [0.3, 0.4) is 0 Å². The zero-order valence-electron chi connectivity index (χ0n) is 11.8. The molecule has 3 rings (SSSR count). The van der Waals surface area contributed by atoms with E-state index in [0.29, 0.717) is 5.82 Å². The van der Waals surface area contributed by atoms with E-state index >= 15 is 0 Å². The van der Waals surface area contributed by atoms with Gasteiger partial charge < -0.3 is 5.32 Å². The van der Waals surface area contributed by atoms with E-state index in [2.05, 4.69) is 22.2 Å². The highest BCUT2D eigenvalue weighted by atomic mass is 19.1. The lowest BCUT2D eigenvalue weighted by atomic mass is 10.1. The zero-order valence-corrected chi connectivity index (χ0v) is 11.8. The second-order valence-corrected chi connectivity index (χ2v) is 5.23. The van der Waals surface area contributed by atoms with Crippen LogP contribution >= 0.6 is 0 Å². The SMILES string of the molecule is CCCc1nc(-c2cc(F)ccc2C)nc2c1CNC2. The number of aryl methyl sites for hydroxylation is 2. The summed E-state index contributed by atoms with van der Waals surface area (Å²) in [5.41, 5.74) is 5.17. The van der Waals surface area contributed by atoms with Crippen molar-refractivity contribution < 1.29 is 4.39 Å². The van der Waals surface area contributed by atoms with Gasteiger partial charge in [-0.1, -0.05) is 19.4 Å². The summed E-state index contributed by atoms with van der Waals surface area (Å²) in [6.07, 6.45) is 1.99. The van der Waals surface area contributed by atoms with Gasteiger partial charge in [0.05, 0.1) is 5.69 Å². The minimum atomic E-state index is -0.245. The van der Waals surface area contributed by atoms with Gasteiger partial charge in [0, 0.05) is 29.9 Å². The molecule has 0 atom stereocenters. The van der Waals surface area contributed by atoms with Crippen molar-refractivity contribution in [2.24, 2.45) is 0 Å². The summed E-state index contributed by atoms with van der Waals surface area (Å²) < 4.78 is 13.5. The number of benzene rings is 1. The highest BCUT2D eigenvalue weighted by Gasteiger charge is 2.19. The van der Waals surface area contributed by atoms with E-state index in [1.807, 2.05) is 6.92 Å². The average Bonchev–Trinajstić information content (AvgIpc) is 2.90. The van der Waals surface area contributed by atoms with E-state index in [1.165, 1.54) is 17.7 Å². The van der Waals surface area contributed by atoms with Crippen molar-refractivity contribution in [1.82, 2.24) is 15.3 Å². The molecule has 1 aromatic carbocycles. The monoisotopic (exact) mass is 271 g/mol. The fraction of sp³-hybridized carbons (Fsp3) is 0.375. The normalized spacial score (nSPS) is 13.6. The maximum absolute atomic E-state index is 13.5. The lowest BCUT2D eigenvalue weighted by Gasteiger charge is -2.10. The molecule has 1 N–H and O–H groups in total. The van der Waals surface area contributed by atoms with Gasteiger partial charge >= 0.3 is 0 Å². The molecule has 2 heterocycles. The van der Waals surface area contributed by atoms with Crippen molar-refractivity contribution in [3.05, 3.63) is 46.5 Å². The Bertz CT molecular complexity index is 652. The molecule has 4 heteroatoms. The molecule has 0 aliphatic carbocycles. The van der Waals surface area contributed by atoms with Crippen LogP contribution in [0, 0.1) is 12.7 Å². The Morgan fingerprint density at radius 2 is 2.10 bits per heavy atom. The van der Waals surface area contributed by atoms with Crippen LogP contribution < -0.4 is 5.32 Å². The van der Waals surface area contributed by atoms with Gasteiger partial charge in [0.2, 0.25) is 0 Å². The van der Waals surface area contributed by atoms with Crippen LogP contribution in [-0.2, 0) is 19.5 Å². The Morgan fingerprint density at radius 3 is 2.90 bits per heavy atom. The third kappa shape index (κ3) is 2.31. The van der Waals surface area contributed by atoms with E-state index in [-0.39, 0.29) is 5.82 Å². The summed E-state index contributed by atoms with van der Waals surface area (Å²) in [6.45, 7) is 5.72. The Labute approximate surface area is 118 Å². The van der Waals surface area contributed by atoms with E-state index in [1.54, 1.807) is 6.07 Å². The Kier molecular flexibility index (Phi) is 3.49. The molecule has 1 aliphatic rings. The number of halogens is 1. The third-order valence-electron chi connectivity index (χ3n) is 3.70. The second kappa shape index (κ2) is 5.29. The standard InChI is InChI=1S/C16H18FN3/c1-3-4-14-13-8-18-9-15(13)20-16(19-14)12-7-11(17)6-5-10(12)2/h5-7,18H,3-4,8-9H2,1-2H3. The van der Waals surface area contributed by atoms with Crippen LogP contribution in [0.2, 0.25) is 0 Å². The van der Waals surface area contributed by atoms with Crippen molar-refractivity contribution in [2.45, 2.75) is 39.8 Å². The number of hydrogen-bond donors (Lipinski definition) is 1. The number of aromatic nitrogens is 2. The zero-order chi connectivity index (χ0) is 14.1. The van der Waals surface area contributed by atoms with Gasteiger partial charge in [-0.05, 0) is 31.0 Å². The van der Waals surface area contributed by atoms with Crippen LogP contribution in [0.15, 0.2) is 18.2 Å². The van der Waals surface area contributed by atoms with Gasteiger partial charge in [-0.25, -0.2) is 14.4 Å². The average molecular weight is 271 g/mol. The Hall–Kier alpha value is -1.81. The van der Waals surface area contributed by atoms with Crippen molar-refractivity contribution in [1.29, 1.82) is 0 Å². The second-order valence-electron chi connectivity index (χ2n) is 5.23. The first kappa shape index (κ1) is 13.2. The quantitative estimate of drug-likeness (QED) is 0.932. The Balaban J connectivity index is 2.14. The molecule has 0 spiro atoms. The first-order valence-electron chi connectivity index (χ1n) is 7.05. The minimum Gasteiger partial charge on any atom is -0.307 e. The summed E-state index contributed by atoms with van der Waals surface area (Å²) in [6, 6.07) is 4.77. The van der Waals surface area contributed by atoms with Crippen molar-refractivity contribution in [3.8, 4) is 11.4 Å². The first-order valence-corrected chi connectivity index (χ1v) is 7.05. The lowest BCUT2D eigenvalue weighted by Crippen LogP contribution is -2.04. The highest BCUT2D eigenvalue weighted by molar-refractivity contribution is 5.60. The van der Waals surface area contributed by atoms with E-state index < -0.39 is 0 Å². The van der Waals surface area contributed by atoms with Crippen LogP contribution in [0.1, 0.15) is 35.9 Å². The molecule has 0 fully saturated rings. The summed E-state index contributed by atoms with van der Waals surface area (Å²) in [7, 11) is 0. The molecule has 2 aromatic rings. The molecule has 1 aromatic heterocycles. The fourth-order valence-electron chi connectivity index (χ4n) is 2.64. The predicted molar refractivity (Wildman–Crippen MR) is 76.7 cm³/mol. The lowest BCUT2D eigenvalue weighted by molar-refractivity contribution is 0.627. The molecule has 0 saturated heterocycles. The number of rotatable bonds is 3. The highest BCUT2D eigenvalue weighted by Crippen LogP contribution is 2.26. The van der Waals surface area contributed by atoms with Crippen LogP contribution in [0.5, 0.6) is 0 Å². The molecular formula is C16H18FN3. The van der Waals surface area contributed by atoms with Crippen LogP contribution in [0.25, 0.3) is 11.4 Å². The largest absolute Gasteiger partial charge is 0.307 e. The molecule has 0 amide bonds. The van der Waals surface area contributed by atoms with Gasteiger partial charge in [0.1, 0.15) is 5.82 Å². The van der Waals surface area contributed by atoms with Crippen molar-refractivity contribution >= 4 is 0 Å². The third-order valence-corrected chi connectivity index (χ3v) is 3.70. The van der Waals surface area contributed by atoms with Gasteiger partial charge in [-0.3, -0.25) is 0 Å². The summed E-state index contributed by atoms with van der Waals surface area (Å²) >= 11 is 0.